The number of ketones is 1. The molecule has 22 heavy (non-hydrogen) atoms. The largest absolute Gasteiger partial charge is 0.289 e. The van der Waals surface area contributed by atoms with Crippen LogP contribution >= 0.6 is 31.9 Å². The SMILES string of the molecule is O=C(c1ccc(F)c(F)c1CBr)c1ccc(F)c(F)c1CBr. The van der Waals surface area contributed by atoms with Gasteiger partial charge in [-0.05, 0) is 24.3 Å². The van der Waals surface area contributed by atoms with E-state index in [1.807, 2.05) is 0 Å². The fraction of sp³-hybridized carbons (Fsp3) is 0.133. The molecule has 0 N–H and O–H groups in total. The average molecular weight is 440 g/mol. The third-order valence-corrected chi connectivity index (χ3v) is 4.27. The molecule has 0 atom stereocenters. The molecule has 0 bridgehead atoms. The maximum atomic E-state index is 13.8. The summed E-state index contributed by atoms with van der Waals surface area (Å²) in [6.45, 7) is 0. The molecule has 7 heteroatoms. The van der Waals surface area contributed by atoms with Gasteiger partial charge in [-0.1, -0.05) is 31.9 Å². The molecule has 0 aromatic heterocycles. The Labute approximate surface area is 140 Å². The highest BCUT2D eigenvalue weighted by atomic mass is 79.9. The standard InChI is InChI=1S/C15H8Br2F4O/c16-5-9-7(1-3-11(18)13(9)20)15(22)8-2-4-12(19)14(21)10(8)6-17/h1-4H,5-6H2. The number of rotatable bonds is 4. The van der Waals surface area contributed by atoms with E-state index in [2.05, 4.69) is 31.9 Å². The van der Waals surface area contributed by atoms with Crippen LogP contribution in [0.4, 0.5) is 17.6 Å². The first kappa shape index (κ1) is 17.1. The number of carbonyl (C=O) groups excluding carboxylic acids is 1. The van der Waals surface area contributed by atoms with Gasteiger partial charge in [-0.15, -0.1) is 0 Å². The van der Waals surface area contributed by atoms with Crippen molar-refractivity contribution in [3.05, 3.63) is 69.8 Å². The van der Waals surface area contributed by atoms with Crippen molar-refractivity contribution in [2.75, 3.05) is 0 Å². The lowest BCUT2D eigenvalue weighted by atomic mass is 9.95. The number of alkyl halides is 2. The summed E-state index contributed by atoms with van der Waals surface area (Å²) in [5.41, 5.74) is -0.557. The second-order valence-electron chi connectivity index (χ2n) is 4.37. The number of hydrogen-bond donors (Lipinski definition) is 0. The molecule has 0 saturated heterocycles. The van der Waals surface area contributed by atoms with Crippen LogP contribution in [0, 0.1) is 23.3 Å². The van der Waals surface area contributed by atoms with Gasteiger partial charge in [0, 0.05) is 32.9 Å². The van der Waals surface area contributed by atoms with Gasteiger partial charge in [0.2, 0.25) is 0 Å². The summed E-state index contributed by atoms with van der Waals surface area (Å²) in [5, 5.41) is -0.185. The predicted octanol–water partition coefficient (Wildman–Crippen LogP) is 5.26. The van der Waals surface area contributed by atoms with E-state index in [9.17, 15) is 22.4 Å². The second kappa shape index (κ2) is 6.91. The second-order valence-corrected chi connectivity index (χ2v) is 5.49. The minimum Gasteiger partial charge on any atom is -0.289 e. The fourth-order valence-electron chi connectivity index (χ4n) is 2.02. The molecule has 2 aromatic carbocycles. The molecule has 0 radical (unpaired) electrons. The van der Waals surface area contributed by atoms with E-state index in [4.69, 9.17) is 0 Å². The molecule has 1 nitrogen and oxygen atoms in total. The quantitative estimate of drug-likeness (QED) is 0.360. The van der Waals surface area contributed by atoms with Crippen molar-refractivity contribution in [2.45, 2.75) is 10.7 Å². The summed E-state index contributed by atoms with van der Waals surface area (Å²) in [4.78, 5) is 12.5. The maximum Gasteiger partial charge on any atom is 0.193 e. The van der Waals surface area contributed by atoms with E-state index >= 15 is 0 Å². The van der Waals surface area contributed by atoms with E-state index in [1.165, 1.54) is 0 Å². The summed E-state index contributed by atoms with van der Waals surface area (Å²) < 4.78 is 54.0. The summed E-state index contributed by atoms with van der Waals surface area (Å²) in [6.07, 6.45) is 0. The van der Waals surface area contributed by atoms with Crippen molar-refractivity contribution < 1.29 is 22.4 Å². The Kier molecular flexibility index (Phi) is 5.39. The van der Waals surface area contributed by atoms with Crippen LogP contribution in [-0.2, 0) is 10.7 Å². The minimum absolute atomic E-state index is 0.0923. The van der Waals surface area contributed by atoms with Crippen LogP contribution in [0.3, 0.4) is 0 Å². The lowest BCUT2D eigenvalue weighted by Crippen LogP contribution is -2.11. The van der Waals surface area contributed by atoms with Crippen LogP contribution in [0.1, 0.15) is 27.0 Å². The van der Waals surface area contributed by atoms with Crippen LogP contribution in [0.2, 0.25) is 0 Å². The molecule has 0 heterocycles. The molecule has 0 saturated carbocycles. The first-order chi connectivity index (χ1) is 10.4. The van der Waals surface area contributed by atoms with Gasteiger partial charge in [0.1, 0.15) is 0 Å². The zero-order valence-corrected chi connectivity index (χ0v) is 14.1. The monoisotopic (exact) mass is 438 g/mol. The summed E-state index contributed by atoms with van der Waals surface area (Å²) in [6, 6.07) is 3.89. The van der Waals surface area contributed by atoms with Crippen molar-refractivity contribution in [1.29, 1.82) is 0 Å². The molecule has 0 amide bonds. The predicted molar refractivity (Wildman–Crippen MR) is 81.4 cm³/mol. The zero-order valence-electron chi connectivity index (χ0n) is 10.9. The summed E-state index contributed by atoms with van der Waals surface area (Å²) in [7, 11) is 0. The Morgan fingerprint density at radius 3 is 1.45 bits per heavy atom. The van der Waals surface area contributed by atoms with Crippen LogP contribution in [0.15, 0.2) is 24.3 Å². The van der Waals surface area contributed by atoms with E-state index in [0.29, 0.717) is 0 Å². The Balaban J connectivity index is 2.64. The van der Waals surface area contributed by atoms with Crippen molar-refractivity contribution >= 4 is 37.6 Å². The number of halogens is 6. The van der Waals surface area contributed by atoms with Crippen molar-refractivity contribution in [1.82, 2.24) is 0 Å². The molecular formula is C15H8Br2F4O. The Morgan fingerprint density at radius 2 is 1.14 bits per heavy atom. The highest BCUT2D eigenvalue weighted by Gasteiger charge is 2.23. The third kappa shape index (κ3) is 2.96. The fourth-order valence-corrected chi connectivity index (χ4v) is 3.11. The van der Waals surface area contributed by atoms with E-state index in [1.54, 1.807) is 0 Å². The highest BCUT2D eigenvalue weighted by Crippen LogP contribution is 2.26. The van der Waals surface area contributed by atoms with E-state index in [-0.39, 0.29) is 32.9 Å². The smallest absolute Gasteiger partial charge is 0.193 e. The molecule has 0 fully saturated rings. The highest BCUT2D eigenvalue weighted by molar-refractivity contribution is 9.08. The zero-order chi connectivity index (χ0) is 16.4. The first-order valence-corrected chi connectivity index (χ1v) is 8.27. The summed E-state index contributed by atoms with van der Waals surface area (Å²) in [5.74, 6) is -5.17. The van der Waals surface area contributed by atoms with Gasteiger partial charge in [0.15, 0.2) is 29.1 Å². The topological polar surface area (TPSA) is 17.1 Å². The van der Waals surface area contributed by atoms with Gasteiger partial charge in [0.05, 0.1) is 0 Å². The van der Waals surface area contributed by atoms with Crippen LogP contribution in [-0.4, -0.2) is 5.78 Å². The van der Waals surface area contributed by atoms with Crippen LogP contribution in [0.25, 0.3) is 0 Å². The number of hydrogen-bond acceptors (Lipinski definition) is 1. The third-order valence-electron chi connectivity index (χ3n) is 3.15. The van der Waals surface area contributed by atoms with Crippen molar-refractivity contribution in [2.24, 2.45) is 0 Å². The molecule has 0 aliphatic carbocycles. The average Bonchev–Trinajstić information content (AvgIpc) is 2.51. The van der Waals surface area contributed by atoms with Crippen LogP contribution < -0.4 is 0 Å². The first-order valence-electron chi connectivity index (χ1n) is 6.02. The Hall–Kier alpha value is -1.21. The van der Waals surface area contributed by atoms with Gasteiger partial charge >= 0.3 is 0 Å². The normalized spacial score (nSPS) is 10.8. The lowest BCUT2D eigenvalue weighted by molar-refractivity contribution is 0.103. The molecule has 2 aromatic rings. The number of benzene rings is 2. The van der Waals surface area contributed by atoms with Crippen molar-refractivity contribution in [3.8, 4) is 0 Å². The molecule has 2 rings (SSSR count). The molecule has 116 valence electrons. The van der Waals surface area contributed by atoms with Crippen molar-refractivity contribution in [3.63, 3.8) is 0 Å². The van der Waals surface area contributed by atoms with Crippen LogP contribution in [0.5, 0.6) is 0 Å². The molecule has 0 aliphatic rings. The van der Waals surface area contributed by atoms with Gasteiger partial charge < -0.3 is 0 Å². The molecule has 0 unspecified atom stereocenters. The van der Waals surface area contributed by atoms with Gasteiger partial charge in [-0.25, -0.2) is 17.6 Å². The van der Waals surface area contributed by atoms with Gasteiger partial charge in [-0.2, -0.15) is 0 Å². The Morgan fingerprint density at radius 1 is 0.773 bits per heavy atom. The minimum atomic E-state index is -1.15. The molecular weight excluding hydrogens is 432 g/mol. The molecule has 0 spiro atoms. The number of carbonyl (C=O) groups is 1. The molecule has 0 aliphatic heterocycles. The van der Waals surface area contributed by atoms with E-state index in [0.717, 1.165) is 24.3 Å². The van der Waals surface area contributed by atoms with E-state index < -0.39 is 29.1 Å². The maximum absolute atomic E-state index is 13.8. The van der Waals surface area contributed by atoms with Gasteiger partial charge in [0.25, 0.3) is 0 Å². The Bertz CT molecular complexity index is 685. The van der Waals surface area contributed by atoms with Gasteiger partial charge in [-0.3, -0.25) is 4.79 Å². The lowest BCUT2D eigenvalue weighted by Gasteiger charge is -2.12. The summed E-state index contributed by atoms with van der Waals surface area (Å²) >= 11 is 5.99.